The minimum atomic E-state index is -1.19. The average molecular weight is 351 g/mol. The van der Waals surface area contributed by atoms with Crippen LogP contribution in [0.3, 0.4) is 0 Å². The molecule has 0 saturated heterocycles. The average Bonchev–Trinajstić information content (AvgIpc) is 2.58. The molecule has 0 spiro atoms. The lowest BCUT2D eigenvalue weighted by Crippen LogP contribution is -2.59. The first-order chi connectivity index (χ1) is 11.8. The Kier molecular flexibility index (Phi) is 8.86. The van der Waals surface area contributed by atoms with E-state index in [9.17, 15) is 14.7 Å². The van der Waals surface area contributed by atoms with Crippen molar-refractivity contribution in [2.75, 3.05) is 6.54 Å². The molecule has 6 heteroatoms. The molecule has 3 atom stereocenters. The van der Waals surface area contributed by atoms with Gasteiger partial charge in [0.05, 0.1) is 24.2 Å². The van der Waals surface area contributed by atoms with E-state index in [-0.39, 0.29) is 36.1 Å². The van der Waals surface area contributed by atoms with Crippen LogP contribution in [-0.4, -0.2) is 42.7 Å². The Balaban J connectivity index is 3.11. The van der Waals surface area contributed by atoms with Crippen LogP contribution in [-0.2, 0) is 14.3 Å². The number of hydrogen-bond acceptors (Lipinski definition) is 5. The van der Waals surface area contributed by atoms with Gasteiger partial charge in [0, 0.05) is 6.04 Å². The number of carbonyl (C=O) groups excluding carboxylic acids is 2. The predicted octanol–water partition coefficient (Wildman–Crippen LogP) is 0.925. The van der Waals surface area contributed by atoms with Crippen LogP contribution in [0.25, 0.3) is 0 Å². The number of carbonyl (C=O) groups is 2. The smallest absolute Gasteiger partial charge is 0.243 e. The maximum absolute atomic E-state index is 11.9. The number of hydrogen-bond donors (Lipinski definition) is 2. The highest BCUT2D eigenvalue weighted by atomic mass is 16.5. The van der Waals surface area contributed by atoms with Crippen molar-refractivity contribution >= 4 is 11.9 Å². The van der Waals surface area contributed by atoms with E-state index in [0.717, 1.165) is 12.8 Å². The van der Waals surface area contributed by atoms with Crippen molar-refractivity contribution < 1.29 is 19.4 Å². The monoisotopic (exact) mass is 351 g/mol. The molecule has 25 heavy (non-hydrogen) atoms. The second-order valence-electron chi connectivity index (χ2n) is 6.87. The zero-order valence-electron chi connectivity index (χ0n) is 15.7. The van der Waals surface area contributed by atoms with Gasteiger partial charge in [-0.3, -0.25) is 4.79 Å². The third-order valence-corrected chi connectivity index (χ3v) is 4.40. The molecule has 6 nitrogen and oxygen atoms in total. The normalized spacial score (nSPS) is 23.4. The van der Waals surface area contributed by atoms with Crippen LogP contribution in [0.5, 0.6) is 0 Å². The Labute approximate surface area is 150 Å². The summed E-state index contributed by atoms with van der Waals surface area (Å²) in [5.74, 6) is -1.10. The lowest BCUT2D eigenvalue weighted by molar-refractivity contribution is -0.299. The maximum atomic E-state index is 11.9. The van der Waals surface area contributed by atoms with Crippen LogP contribution in [0.15, 0.2) is 24.3 Å². The number of amides is 1. The van der Waals surface area contributed by atoms with Crippen molar-refractivity contribution in [2.24, 2.45) is 5.92 Å². The molecule has 0 radical (unpaired) electrons. The molecular formula is C19H31N2O4-. The number of ether oxygens (including phenoxy) is 1. The van der Waals surface area contributed by atoms with Gasteiger partial charge in [0.25, 0.3) is 0 Å². The number of aliphatic carboxylic acids is 1. The van der Waals surface area contributed by atoms with Crippen molar-refractivity contribution in [3.05, 3.63) is 24.3 Å². The van der Waals surface area contributed by atoms with Gasteiger partial charge < -0.3 is 25.3 Å². The minimum absolute atomic E-state index is 0.00349. The van der Waals surface area contributed by atoms with Crippen LogP contribution in [0.4, 0.5) is 0 Å². The van der Waals surface area contributed by atoms with Gasteiger partial charge in [-0.05, 0) is 49.5 Å². The van der Waals surface area contributed by atoms with Gasteiger partial charge in [-0.1, -0.05) is 34.3 Å². The standard InChI is InChI=1S/C19H32N2O4/c1-6-14(7-2)25-16-10-13(19(23)24)9-15(20-11-12(4)5)18(16)21-17(22)8-3/h8,10,12,14-16,18,20H,3,6-7,9,11H2,1-2,4-5H3,(H,21,22)(H,23,24)/p-1/t15-,16+,18+/m0/s1. The summed E-state index contributed by atoms with van der Waals surface area (Å²) in [6, 6.07) is -0.614. The van der Waals surface area contributed by atoms with Crippen molar-refractivity contribution in [1.82, 2.24) is 10.6 Å². The molecule has 0 aliphatic heterocycles. The van der Waals surface area contributed by atoms with Crippen LogP contribution in [0.1, 0.15) is 47.0 Å². The largest absolute Gasteiger partial charge is 0.545 e. The van der Waals surface area contributed by atoms with Gasteiger partial charge in [0.1, 0.15) is 0 Å². The zero-order chi connectivity index (χ0) is 19.0. The molecule has 142 valence electrons. The summed E-state index contributed by atoms with van der Waals surface area (Å²) in [6.07, 6.45) is 4.17. The summed E-state index contributed by atoms with van der Waals surface area (Å²) >= 11 is 0. The topological polar surface area (TPSA) is 90.5 Å². The van der Waals surface area contributed by atoms with E-state index in [1.165, 1.54) is 6.08 Å². The van der Waals surface area contributed by atoms with E-state index >= 15 is 0 Å². The molecule has 0 fully saturated rings. The quantitative estimate of drug-likeness (QED) is 0.571. The van der Waals surface area contributed by atoms with E-state index < -0.39 is 12.1 Å². The van der Waals surface area contributed by atoms with Gasteiger partial charge in [0.2, 0.25) is 5.91 Å². The van der Waals surface area contributed by atoms with Gasteiger partial charge in [0.15, 0.2) is 0 Å². The molecule has 0 aromatic carbocycles. The van der Waals surface area contributed by atoms with Crippen molar-refractivity contribution in [1.29, 1.82) is 0 Å². The highest BCUT2D eigenvalue weighted by Gasteiger charge is 2.36. The van der Waals surface area contributed by atoms with E-state index in [4.69, 9.17) is 4.74 Å². The Morgan fingerprint density at radius 3 is 2.52 bits per heavy atom. The highest BCUT2D eigenvalue weighted by Crippen LogP contribution is 2.24. The van der Waals surface area contributed by atoms with Crippen LogP contribution in [0, 0.1) is 5.92 Å². The molecule has 0 saturated carbocycles. The van der Waals surface area contributed by atoms with E-state index in [1.54, 1.807) is 6.08 Å². The summed E-state index contributed by atoms with van der Waals surface area (Å²) in [7, 11) is 0. The number of carboxylic acid groups (broad SMARTS) is 1. The van der Waals surface area contributed by atoms with Crippen molar-refractivity contribution in [2.45, 2.75) is 71.2 Å². The van der Waals surface area contributed by atoms with Gasteiger partial charge in [-0.2, -0.15) is 0 Å². The molecule has 0 bridgehead atoms. The van der Waals surface area contributed by atoms with Gasteiger partial charge >= 0.3 is 0 Å². The zero-order valence-corrected chi connectivity index (χ0v) is 15.7. The molecule has 1 aliphatic carbocycles. The third-order valence-electron chi connectivity index (χ3n) is 4.40. The van der Waals surface area contributed by atoms with E-state index in [2.05, 4.69) is 31.1 Å². The molecular weight excluding hydrogens is 320 g/mol. The van der Waals surface area contributed by atoms with E-state index in [1.807, 2.05) is 13.8 Å². The van der Waals surface area contributed by atoms with Gasteiger partial charge in [-0.25, -0.2) is 0 Å². The maximum Gasteiger partial charge on any atom is 0.243 e. The first-order valence-corrected chi connectivity index (χ1v) is 9.06. The summed E-state index contributed by atoms with van der Waals surface area (Å²) in [6.45, 7) is 12.4. The SMILES string of the molecule is C=CC(=O)N[C@@H]1[C@@H](NCC(C)C)CC(C(=O)[O-])=C[C@H]1OC(CC)CC. The number of carboxylic acids is 1. The molecule has 2 N–H and O–H groups in total. The van der Waals surface area contributed by atoms with Crippen LogP contribution < -0.4 is 15.7 Å². The Bertz CT molecular complexity index is 498. The summed E-state index contributed by atoms with van der Waals surface area (Å²) in [4.78, 5) is 23.3. The Morgan fingerprint density at radius 2 is 2.04 bits per heavy atom. The lowest BCUT2D eigenvalue weighted by atomic mass is 9.87. The molecule has 0 aromatic heterocycles. The second-order valence-corrected chi connectivity index (χ2v) is 6.87. The third kappa shape index (κ3) is 6.63. The molecule has 1 rings (SSSR count). The number of nitrogens with one attached hydrogen (secondary N) is 2. The summed E-state index contributed by atoms with van der Waals surface area (Å²) in [5.41, 5.74) is 0.210. The van der Waals surface area contributed by atoms with Crippen LogP contribution in [0.2, 0.25) is 0 Å². The summed E-state index contributed by atoms with van der Waals surface area (Å²) in [5, 5.41) is 17.7. The van der Waals surface area contributed by atoms with Gasteiger partial charge in [-0.15, -0.1) is 0 Å². The Hall–Kier alpha value is -1.66. The molecule has 1 aliphatic rings. The minimum Gasteiger partial charge on any atom is -0.545 e. The predicted molar refractivity (Wildman–Crippen MR) is 95.7 cm³/mol. The fourth-order valence-electron chi connectivity index (χ4n) is 2.93. The molecule has 0 aromatic rings. The first kappa shape index (κ1) is 21.4. The molecule has 0 heterocycles. The Morgan fingerprint density at radius 1 is 1.40 bits per heavy atom. The molecule has 1 amide bonds. The highest BCUT2D eigenvalue weighted by molar-refractivity contribution is 5.88. The first-order valence-electron chi connectivity index (χ1n) is 9.06. The van der Waals surface area contributed by atoms with Crippen molar-refractivity contribution in [3.8, 4) is 0 Å². The second kappa shape index (κ2) is 10.4. The van der Waals surface area contributed by atoms with Crippen molar-refractivity contribution in [3.63, 3.8) is 0 Å². The fraction of sp³-hybridized carbons (Fsp3) is 0.684. The molecule has 0 unspecified atom stereocenters. The van der Waals surface area contributed by atoms with E-state index in [0.29, 0.717) is 12.5 Å². The number of rotatable bonds is 10. The fourth-order valence-corrected chi connectivity index (χ4v) is 2.93. The van der Waals surface area contributed by atoms with Crippen LogP contribution >= 0.6 is 0 Å². The lowest BCUT2D eigenvalue weighted by Gasteiger charge is -2.39. The summed E-state index contributed by atoms with van der Waals surface area (Å²) < 4.78 is 6.11.